The molecule has 0 radical (unpaired) electrons. The van der Waals surface area contributed by atoms with E-state index in [-0.39, 0.29) is 0 Å². The number of para-hydroxylation sites is 2. The minimum atomic E-state index is 0.294. The number of hydrogen-bond donors (Lipinski definition) is 1. The molecule has 9 nitrogen and oxygen atoms in total. The molecule has 0 amide bonds. The van der Waals surface area contributed by atoms with Crippen molar-refractivity contribution in [2.24, 2.45) is 20.5 Å². The van der Waals surface area contributed by atoms with Gasteiger partial charge in [0.25, 0.3) is 0 Å². The molecule has 1 aliphatic heterocycles. The van der Waals surface area contributed by atoms with Gasteiger partial charge in [-0.15, -0.1) is 20.5 Å². The highest BCUT2D eigenvalue weighted by Crippen LogP contribution is 2.45. The van der Waals surface area contributed by atoms with Crippen LogP contribution in [0, 0.1) is 0 Å². The molecule has 8 rings (SSSR count). The van der Waals surface area contributed by atoms with Crippen molar-refractivity contribution in [3.8, 4) is 34.1 Å². The second-order valence-corrected chi connectivity index (χ2v) is 11.3. The van der Waals surface area contributed by atoms with E-state index in [2.05, 4.69) is 61.8 Å². The molecule has 0 saturated carbocycles. The average Bonchev–Trinajstić information content (AvgIpc) is 3.61. The summed E-state index contributed by atoms with van der Waals surface area (Å²) in [4.78, 5) is 3.12. The predicted molar refractivity (Wildman–Crippen MR) is 191 cm³/mol. The number of nitrogens with zero attached hydrogens (tertiary/aromatic N) is 4. The van der Waals surface area contributed by atoms with Gasteiger partial charge in [0.2, 0.25) is 0 Å². The van der Waals surface area contributed by atoms with Gasteiger partial charge in [-0.3, -0.25) is 0 Å². The van der Waals surface area contributed by atoms with Gasteiger partial charge in [-0.25, -0.2) is 0 Å². The Bertz CT molecular complexity index is 2170. The van der Waals surface area contributed by atoms with E-state index in [4.69, 9.17) is 18.9 Å². The summed E-state index contributed by atoms with van der Waals surface area (Å²) in [6, 6.07) is 43.4. The fourth-order valence-corrected chi connectivity index (χ4v) is 5.89. The number of benzene rings is 6. The fraction of sp³-hybridized carbons (Fsp3) is 0.100. The maximum Gasteiger partial charge on any atom is 0.154 e. The largest absolute Gasteiger partial charge is 0.489 e. The zero-order valence-electron chi connectivity index (χ0n) is 26.5. The van der Waals surface area contributed by atoms with E-state index in [1.165, 1.54) is 0 Å². The average molecular weight is 646 g/mol. The molecule has 2 heterocycles. The summed E-state index contributed by atoms with van der Waals surface area (Å²) in [5, 5.41) is 21.9. The van der Waals surface area contributed by atoms with Crippen LogP contribution in [0.5, 0.6) is 23.0 Å². The first-order valence-electron chi connectivity index (χ1n) is 16.1. The molecule has 2 bridgehead atoms. The van der Waals surface area contributed by atoms with Crippen molar-refractivity contribution in [1.29, 1.82) is 0 Å². The van der Waals surface area contributed by atoms with Crippen molar-refractivity contribution in [3.05, 3.63) is 133 Å². The monoisotopic (exact) mass is 645 g/mol. The van der Waals surface area contributed by atoms with Crippen LogP contribution < -0.4 is 18.9 Å². The lowest BCUT2D eigenvalue weighted by Gasteiger charge is -2.20. The van der Waals surface area contributed by atoms with Gasteiger partial charge in [0, 0.05) is 11.1 Å². The number of azo groups is 2. The molecule has 9 heteroatoms. The Kier molecular flexibility index (Phi) is 8.36. The van der Waals surface area contributed by atoms with Crippen LogP contribution in [0.1, 0.15) is 0 Å². The van der Waals surface area contributed by atoms with Crippen molar-refractivity contribution < 1.29 is 18.9 Å². The SMILES string of the molecule is c1ccc2c(c1)N=Nc1ccc([nH]1)N=Nc1ccccc1OCCOc1ccc3ccccc3c1-c1c(ccc3ccccc13)OCCO2. The summed E-state index contributed by atoms with van der Waals surface area (Å²) in [5.74, 6) is 3.71. The van der Waals surface area contributed by atoms with Gasteiger partial charge in [-0.05, 0) is 70.1 Å². The fourth-order valence-electron chi connectivity index (χ4n) is 5.89. The van der Waals surface area contributed by atoms with Gasteiger partial charge < -0.3 is 23.9 Å². The minimum Gasteiger partial charge on any atom is -0.489 e. The first-order valence-corrected chi connectivity index (χ1v) is 16.1. The highest BCUT2D eigenvalue weighted by molar-refractivity contribution is 6.09. The zero-order valence-corrected chi connectivity index (χ0v) is 26.5. The number of H-pyrrole nitrogens is 1. The Hall–Kier alpha value is -6.48. The van der Waals surface area contributed by atoms with E-state index in [0.29, 0.717) is 60.9 Å². The Labute approximate surface area is 282 Å². The molecule has 0 spiro atoms. The Morgan fingerprint density at radius 1 is 0.367 bits per heavy atom. The normalized spacial score (nSPS) is 13.5. The van der Waals surface area contributed by atoms with E-state index >= 15 is 0 Å². The predicted octanol–water partition coefficient (Wildman–Crippen LogP) is 11.0. The molecule has 0 unspecified atom stereocenters. The quantitative estimate of drug-likeness (QED) is 0.177. The highest BCUT2D eigenvalue weighted by atomic mass is 16.5. The van der Waals surface area contributed by atoms with Crippen LogP contribution in [0.4, 0.5) is 23.0 Å². The summed E-state index contributed by atoms with van der Waals surface area (Å²) in [5.41, 5.74) is 3.09. The van der Waals surface area contributed by atoms with Crippen molar-refractivity contribution in [1.82, 2.24) is 4.98 Å². The number of rotatable bonds is 0. The molecule has 0 fully saturated rings. The van der Waals surface area contributed by atoms with Crippen LogP contribution in [0.3, 0.4) is 0 Å². The third kappa shape index (κ3) is 6.42. The first kappa shape index (κ1) is 29.9. The second kappa shape index (κ2) is 13.7. The van der Waals surface area contributed by atoms with Crippen molar-refractivity contribution in [2.75, 3.05) is 26.4 Å². The van der Waals surface area contributed by atoms with E-state index < -0.39 is 0 Å². The van der Waals surface area contributed by atoms with E-state index in [1.807, 2.05) is 84.9 Å². The van der Waals surface area contributed by atoms with Crippen LogP contribution >= 0.6 is 0 Å². The molecular formula is C40H31N5O4. The van der Waals surface area contributed by atoms with Crippen molar-refractivity contribution in [3.63, 3.8) is 0 Å². The number of ether oxygens (including phenoxy) is 4. The van der Waals surface area contributed by atoms with Gasteiger partial charge in [0.05, 0.1) is 0 Å². The molecule has 7 aromatic rings. The maximum absolute atomic E-state index is 6.52. The number of fused-ring (bicyclic) bond motifs is 11. The van der Waals surface area contributed by atoms with Crippen LogP contribution in [0.15, 0.2) is 154 Å². The molecule has 0 atom stereocenters. The molecular weight excluding hydrogens is 614 g/mol. The standard InChI is InChI=1S/C40H31N5O4/c1-3-11-29-27(9-1)17-19-35-39(29)40-30-12-4-2-10-28(30)18-20-36(40)49-26-24-47-34-16-8-6-14-32(34)43-45-38-22-21-37(41-38)44-42-31-13-5-7-15-33(31)46-23-25-48-35/h1-22,41H,23-26H2. The summed E-state index contributed by atoms with van der Waals surface area (Å²) in [7, 11) is 0. The summed E-state index contributed by atoms with van der Waals surface area (Å²) < 4.78 is 25.4. The number of aromatic amines is 1. The van der Waals surface area contributed by atoms with Crippen LogP contribution in [-0.2, 0) is 0 Å². The molecule has 49 heavy (non-hydrogen) atoms. The lowest BCUT2D eigenvalue weighted by atomic mass is 9.92. The van der Waals surface area contributed by atoms with Crippen LogP contribution in [0.25, 0.3) is 32.7 Å². The molecule has 1 aliphatic rings. The smallest absolute Gasteiger partial charge is 0.154 e. The Morgan fingerprint density at radius 2 is 0.776 bits per heavy atom. The molecule has 0 saturated heterocycles. The molecule has 1 N–H and O–H groups in total. The third-order valence-corrected chi connectivity index (χ3v) is 8.15. The number of nitrogens with one attached hydrogen (secondary N) is 1. The second-order valence-electron chi connectivity index (χ2n) is 11.3. The molecule has 6 aromatic carbocycles. The summed E-state index contributed by atoms with van der Waals surface area (Å²) >= 11 is 0. The van der Waals surface area contributed by atoms with Gasteiger partial charge in [0.1, 0.15) is 60.8 Å². The highest BCUT2D eigenvalue weighted by Gasteiger charge is 2.19. The minimum absolute atomic E-state index is 0.294. The van der Waals surface area contributed by atoms with Crippen molar-refractivity contribution >= 4 is 44.6 Å². The lowest BCUT2D eigenvalue weighted by molar-refractivity contribution is 0.216. The topological polar surface area (TPSA) is 102 Å². The van der Waals surface area contributed by atoms with Gasteiger partial charge in [-0.2, -0.15) is 0 Å². The summed E-state index contributed by atoms with van der Waals surface area (Å²) in [6.07, 6.45) is 0. The first-order chi connectivity index (χ1) is 24.3. The maximum atomic E-state index is 6.52. The molecule has 1 aromatic heterocycles. The summed E-state index contributed by atoms with van der Waals surface area (Å²) in [6.45, 7) is 1.19. The van der Waals surface area contributed by atoms with E-state index in [1.54, 1.807) is 12.1 Å². The Balaban J connectivity index is 1.21. The van der Waals surface area contributed by atoms with E-state index in [0.717, 1.165) is 44.2 Å². The number of aromatic nitrogens is 1. The molecule has 240 valence electrons. The molecule has 0 aliphatic carbocycles. The van der Waals surface area contributed by atoms with E-state index in [9.17, 15) is 0 Å². The van der Waals surface area contributed by atoms with Gasteiger partial charge in [-0.1, -0.05) is 84.9 Å². The van der Waals surface area contributed by atoms with Gasteiger partial charge >= 0.3 is 0 Å². The Morgan fingerprint density at radius 3 is 1.27 bits per heavy atom. The third-order valence-electron chi connectivity index (χ3n) is 8.15. The lowest BCUT2D eigenvalue weighted by Crippen LogP contribution is -2.11. The number of hydrogen-bond acceptors (Lipinski definition) is 8. The van der Waals surface area contributed by atoms with Crippen LogP contribution in [-0.4, -0.2) is 31.4 Å². The zero-order chi connectivity index (χ0) is 32.8. The van der Waals surface area contributed by atoms with Gasteiger partial charge in [0.15, 0.2) is 11.6 Å². The van der Waals surface area contributed by atoms with Crippen molar-refractivity contribution in [2.45, 2.75) is 0 Å². The van der Waals surface area contributed by atoms with Crippen LogP contribution in [0.2, 0.25) is 0 Å².